The minimum absolute atomic E-state index is 0.101. The van der Waals surface area contributed by atoms with Gasteiger partial charge in [-0.1, -0.05) is 36.4 Å². The lowest BCUT2D eigenvalue weighted by Gasteiger charge is -2.24. The van der Waals surface area contributed by atoms with Crippen molar-refractivity contribution in [3.63, 3.8) is 0 Å². The number of carbonyl (C=O) groups is 2. The largest absolute Gasteiger partial charge is 0.465 e. The number of fused-ring (bicyclic) bond motifs is 1. The van der Waals surface area contributed by atoms with Crippen molar-refractivity contribution in [1.82, 2.24) is 39.4 Å². The number of H-pyrrole nitrogens is 1. The first kappa shape index (κ1) is 33.4. The molecule has 7 rings (SSSR count). The molecule has 0 radical (unpaired) electrons. The number of aromatic amines is 1. The first-order chi connectivity index (χ1) is 24.3. The second-order valence-corrected chi connectivity index (χ2v) is 13.3. The van der Waals surface area contributed by atoms with Crippen LogP contribution in [0.2, 0.25) is 0 Å². The third-order valence-electron chi connectivity index (χ3n) is 10.2. The van der Waals surface area contributed by atoms with E-state index in [4.69, 9.17) is 9.84 Å². The lowest BCUT2D eigenvalue weighted by atomic mass is 9.97. The average Bonchev–Trinajstić information content (AvgIpc) is 3.90. The van der Waals surface area contributed by atoms with Gasteiger partial charge >= 0.3 is 6.09 Å². The van der Waals surface area contributed by atoms with E-state index in [1.54, 1.807) is 12.4 Å². The number of amides is 2. The zero-order chi connectivity index (χ0) is 34.8. The quantitative estimate of drug-likeness (QED) is 0.175. The van der Waals surface area contributed by atoms with Crippen LogP contribution in [-0.2, 0) is 17.8 Å². The van der Waals surface area contributed by atoms with E-state index in [0.717, 1.165) is 78.5 Å². The number of benzene rings is 2. The number of imidazole rings is 1. The zero-order valence-electron chi connectivity index (χ0n) is 28.9. The predicted octanol–water partition coefficient (Wildman–Crippen LogP) is 6.34. The number of pyridine rings is 1. The van der Waals surface area contributed by atoms with Gasteiger partial charge in [-0.3, -0.25) is 14.7 Å². The van der Waals surface area contributed by atoms with Gasteiger partial charge in [-0.15, -0.1) is 0 Å². The van der Waals surface area contributed by atoms with Gasteiger partial charge in [-0.05, 0) is 73.9 Å². The highest BCUT2D eigenvalue weighted by molar-refractivity contribution is 5.97. The summed E-state index contributed by atoms with van der Waals surface area (Å²) in [4.78, 5) is 43.5. The highest BCUT2D eigenvalue weighted by atomic mass is 16.5. The van der Waals surface area contributed by atoms with Crippen LogP contribution in [0.4, 0.5) is 4.79 Å². The fourth-order valence-electron chi connectivity index (χ4n) is 7.18. The number of nitrogens with zero attached hydrogens (tertiary/aromatic N) is 7. The van der Waals surface area contributed by atoms with Crippen LogP contribution in [0.5, 0.6) is 0 Å². The maximum atomic E-state index is 13.7. The summed E-state index contributed by atoms with van der Waals surface area (Å²) in [5.74, 6) is 0.413. The summed E-state index contributed by atoms with van der Waals surface area (Å²) in [6.07, 6.45) is 7.84. The fourth-order valence-corrected chi connectivity index (χ4v) is 7.18. The number of aromatic nitrogens is 5. The number of rotatable bonds is 10. The van der Waals surface area contributed by atoms with Crippen LogP contribution in [0.3, 0.4) is 0 Å². The van der Waals surface area contributed by atoms with Gasteiger partial charge in [0.1, 0.15) is 11.4 Å². The lowest BCUT2D eigenvalue weighted by molar-refractivity contribution is -0.0365. The third-order valence-corrected chi connectivity index (χ3v) is 10.2. The molecule has 2 aliphatic heterocycles. The third kappa shape index (κ3) is 6.73. The number of hydrogen-bond acceptors (Lipinski definition) is 7. The summed E-state index contributed by atoms with van der Waals surface area (Å²) >= 11 is 0. The molecule has 0 aliphatic carbocycles. The Morgan fingerprint density at radius 1 is 1.08 bits per heavy atom. The number of nitrogens with one attached hydrogen (secondary N) is 1. The normalized spacial score (nSPS) is 18.1. The highest BCUT2D eigenvalue weighted by Crippen LogP contribution is 2.36. The maximum Gasteiger partial charge on any atom is 0.407 e. The molecule has 2 unspecified atom stereocenters. The molecule has 2 N–H and O–H groups in total. The highest BCUT2D eigenvalue weighted by Gasteiger charge is 2.30. The second kappa shape index (κ2) is 14.4. The predicted molar refractivity (Wildman–Crippen MR) is 190 cm³/mol. The van der Waals surface area contributed by atoms with Crippen molar-refractivity contribution < 1.29 is 19.4 Å². The smallest absolute Gasteiger partial charge is 0.407 e. The molecule has 2 saturated heterocycles. The van der Waals surface area contributed by atoms with Crippen LogP contribution in [-0.4, -0.2) is 95.9 Å². The van der Waals surface area contributed by atoms with Crippen LogP contribution in [0, 0.1) is 6.92 Å². The standard InChI is InChI=1S/C38H44N8O4/c1-4-45(38(48)49)23-28-19-39-20-31(25(28)2)27-13-14-33-30(18-27)35(42-46(33)34-12-8-9-17-50-34)36-40-21-32(41-36)37(47)43(3)29-15-16-44(24-29)22-26-10-6-5-7-11-26/h5-7,10-11,13-14,18-21,29,34H,4,8-9,12,15-17,22-24H2,1-3H3,(H,40,41)(H,48,49). The van der Waals surface area contributed by atoms with Crippen molar-refractivity contribution in [2.24, 2.45) is 0 Å². The van der Waals surface area contributed by atoms with Crippen LogP contribution in [0.1, 0.15) is 66.0 Å². The van der Waals surface area contributed by atoms with Gasteiger partial charge in [0.05, 0.1) is 18.3 Å². The van der Waals surface area contributed by atoms with Crippen molar-refractivity contribution >= 4 is 22.9 Å². The summed E-state index contributed by atoms with van der Waals surface area (Å²) in [6.45, 7) is 7.77. The molecule has 12 heteroatoms. The topological polar surface area (TPSA) is 133 Å². The number of likely N-dealkylation sites (N-methyl/N-ethyl adjacent to an activating group) is 1. The molecule has 260 valence electrons. The summed E-state index contributed by atoms with van der Waals surface area (Å²) in [6, 6.07) is 16.7. The fraction of sp³-hybridized carbons (Fsp3) is 0.395. The molecule has 0 bridgehead atoms. The molecule has 2 amide bonds. The van der Waals surface area contributed by atoms with Crippen molar-refractivity contribution in [3.8, 4) is 22.6 Å². The van der Waals surface area contributed by atoms with Crippen LogP contribution < -0.4 is 0 Å². The van der Waals surface area contributed by atoms with E-state index in [1.807, 2.05) is 54.9 Å². The monoisotopic (exact) mass is 676 g/mol. The van der Waals surface area contributed by atoms with Crippen LogP contribution in [0.15, 0.2) is 67.1 Å². The van der Waals surface area contributed by atoms with E-state index >= 15 is 0 Å². The summed E-state index contributed by atoms with van der Waals surface area (Å²) in [5, 5.41) is 15.5. The van der Waals surface area contributed by atoms with Crippen molar-refractivity contribution in [2.45, 2.75) is 64.9 Å². The number of ether oxygens (including phenoxy) is 1. The van der Waals surface area contributed by atoms with Gasteiger partial charge in [-0.2, -0.15) is 5.10 Å². The Labute approximate surface area is 291 Å². The molecule has 2 aliphatic rings. The molecular weight excluding hydrogens is 632 g/mol. The molecule has 2 fully saturated rings. The molecule has 50 heavy (non-hydrogen) atoms. The van der Waals surface area contributed by atoms with E-state index in [9.17, 15) is 14.7 Å². The van der Waals surface area contributed by atoms with Crippen molar-refractivity contribution in [1.29, 1.82) is 0 Å². The Hall–Kier alpha value is -5.07. The SMILES string of the molecule is CCN(Cc1cncc(-c2ccc3c(c2)c(-c2ncc(C(=O)N(C)C4CCN(Cc5ccccc5)C4)[nH]2)nn3C2CCCCO2)c1C)C(=O)O. The van der Waals surface area contributed by atoms with Crippen molar-refractivity contribution in [3.05, 3.63) is 89.5 Å². The Kier molecular flexibility index (Phi) is 9.64. The van der Waals surface area contributed by atoms with Gasteiger partial charge in [0, 0.05) is 69.2 Å². The van der Waals surface area contributed by atoms with Gasteiger partial charge in [0.15, 0.2) is 12.1 Å². The Balaban J connectivity index is 1.18. The first-order valence-electron chi connectivity index (χ1n) is 17.4. The lowest BCUT2D eigenvalue weighted by Crippen LogP contribution is -2.39. The van der Waals surface area contributed by atoms with Gasteiger partial charge < -0.3 is 24.6 Å². The first-order valence-corrected chi connectivity index (χ1v) is 17.4. The number of carboxylic acid groups (broad SMARTS) is 1. The molecule has 5 heterocycles. The van der Waals surface area contributed by atoms with E-state index < -0.39 is 6.09 Å². The Morgan fingerprint density at radius 2 is 1.92 bits per heavy atom. The van der Waals surface area contributed by atoms with Gasteiger partial charge in [-0.25, -0.2) is 14.5 Å². The molecule has 2 aromatic carbocycles. The molecule has 0 saturated carbocycles. The van der Waals surface area contributed by atoms with Crippen LogP contribution in [0.25, 0.3) is 33.5 Å². The van der Waals surface area contributed by atoms with E-state index in [2.05, 4.69) is 50.2 Å². The van der Waals surface area contributed by atoms with Gasteiger partial charge in [0.25, 0.3) is 5.91 Å². The van der Waals surface area contributed by atoms with Crippen LogP contribution >= 0.6 is 0 Å². The number of likely N-dealkylation sites (tertiary alicyclic amines) is 1. The number of carbonyl (C=O) groups excluding carboxylic acids is 1. The molecule has 5 aromatic rings. The van der Waals surface area contributed by atoms with Crippen molar-refractivity contribution in [2.75, 3.05) is 33.3 Å². The maximum absolute atomic E-state index is 13.7. The minimum atomic E-state index is -0.962. The zero-order valence-corrected chi connectivity index (χ0v) is 28.9. The average molecular weight is 677 g/mol. The molecule has 3 aromatic heterocycles. The van der Waals surface area contributed by atoms with E-state index in [1.165, 1.54) is 10.5 Å². The summed E-state index contributed by atoms with van der Waals surface area (Å²) in [5.41, 5.74) is 6.89. The Morgan fingerprint density at radius 3 is 2.68 bits per heavy atom. The minimum Gasteiger partial charge on any atom is -0.465 e. The number of hydrogen-bond donors (Lipinski definition) is 2. The Bertz CT molecular complexity index is 1980. The van der Waals surface area contributed by atoms with E-state index in [-0.39, 0.29) is 24.7 Å². The molecular formula is C38H44N8O4. The molecule has 0 spiro atoms. The summed E-state index contributed by atoms with van der Waals surface area (Å²) < 4.78 is 8.10. The second-order valence-electron chi connectivity index (χ2n) is 13.3. The van der Waals surface area contributed by atoms with Gasteiger partial charge in [0.2, 0.25) is 0 Å². The molecule has 12 nitrogen and oxygen atoms in total. The van der Waals surface area contributed by atoms with E-state index in [0.29, 0.717) is 30.4 Å². The summed E-state index contributed by atoms with van der Waals surface area (Å²) in [7, 11) is 1.87. The molecule has 2 atom stereocenters.